The van der Waals surface area contributed by atoms with Crippen molar-refractivity contribution in [2.45, 2.75) is 25.2 Å². The van der Waals surface area contributed by atoms with E-state index >= 15 is 0 Å². The molecule has 12 heavy (non-hydrogen) atoms. The van der Waals surface area contributed by atoms with Crippen LogP contribution in [-0.2, 0) is 5.41 Å². The summed E-state index contributed by atoms with van der Waals surface area (Å²) in [6.07, 6.45) is 2.26. The smallest absolute Gasteiger partial charge is 0.336 e. The average molecular weight is 182 g/mol. The molecule has 0 saturated heterocycles. The predicted octanol–water partition coefficient (Wildman–Crippen LogP) is 2.50. The number of hydrogen-bond donors (Lipinski definition) is 1. The quantitative estimate of drug-likeness (QED) is 0.763. The third-order valence-corrected chi connectivity index (χ3v) is 3.29. The van der Waals surface area contributed by atoms with Gasteiger partial charge < -0.3 is 5.11 Å². The topological polar surface area (TPSA) is 37.3 Å². The molecule has 0 amide bonds. The molecule has 2 rings (SSSR count). The zero-order chi connectivity index (χ0) is 8.77. The highest BCUT2D eigenvalue weighted by Gasteiger charge is 2.41. The van der Waals surface area contributed by atoms with Crippen molar-refractivity contribution in [2.75, 3.05) is 0 Å². The van der Waals surface area contributed by atoms with Crippen molar-refractivity contribution >= 4 is 17.3 Å². The highest BCUT2D eigenvalue weighted by Crippen LogP contribution is 2.49. The normalized spacial score (nSPS) is 19.1. The van der Waals surface area contributed by atoms with Crippen molar-refractivity contribution < 1.29 is 9.90 Å². The van der Waals surface area contributed by atoms with Crippen LogP contribution in [0.25, 0.3) is 0 Å². The lowest BCUT2D eigenvalue weighted by Crippen LogP contribution is -2.06. The predicted molar refractivity (Wildman–Crippen MR) is 47.9 cm³/mol. The first kappa shape index (κ1) is 7.80. The summed E-state index contributed by atoms with van der Waals surface area (Å²) in [7, 11) is 0. The average Bonchev–Trinajstić information content (AvgIpc) is 2.61. The highest BCUT2D eigenvalue weighted by atomic mass is 32.1. The molecule has 3 heteroatoms. The molecular formula is C9H10O2S. The number of carboxylic acid groups (broad SMARTS) is 1. The van der Waals surface area contributed by atoms with E-state index in [-0.39, 0.29) is 5.41 Å². The molecule has 0 radical (unpaired) electrons. The number of thiophene rings is 1. The van der Waals surface area contributed by atoms with E-state index in [9.17, 15) is 4.79 Å². The van der Waals surface area contributed by atoms with Gasteiger partial charge in [0.25, 0.3) is 0 Å². The Labute approximate surface area is 74.8 Å². The maximum absolute atomic E-state index is 10.8. The summed E-state index contributed by atoms with van der Waals surface area (Å²) in [5.41, 5.74) is 1.70. The van der Waals surface area contributed by atoms with E-state index in [1.54, 1.807) is 5.38 Å². The first-order valence-electron chi connectivity index (χ1n) is 3.93. The molecule has 1 aliphatic rings. The summed E-state index contributed by atoms with van der Waals surface area (Å²) >= 11 is 1.48. The van der Waals surface area contributed by atoms with Gasteiger partial charge in [0.1, 0.15) is 0 Å². The Bertz CT molecular complexity index is 323. The summed E-state index contributed by atoms with van der Waals surface area (Å²) in [4.78, 5) is 10.8. The van der Waals surface area contributed by atoms with Crippen molar-refractivity contribution in [3.8, 4) is 0 Å². The number of aromatic carboxylic acids is 1. The summed E-state index contributed by atoms with van der Waals surface area (Å²) in [5.74, 6) is -0.792. The maximum Gasteiger partial charge on any atom is 0.336 e. The fourth-order valence-electron chi connectivity index (χ4n) is 1.39. The Morgan fingerprint density at radius 3 is 2.75 bits per heavy atom. The molecule has 1 heterocycles. The highest BCUT2D eigenvalue weighted by molar-refractivity contribution is 7.08. The van der Waals surface area contributed by atoms with Gasteiger partial charge in [0, 0.05) is 5.38 Å². The van der Waals surface area contributed by atoms with E-state index < -0.39 is 5.97 Å². The lowest BCUT2D eigenvalue weighted by molar-refractivity contribution is 0.0695. The molecule has 0 atom stereocenters. The molecule has 0 spiro atoms. The van der Waals surface area contributed by atoms with Gasteiger partial charge in [0.05, 0.1) is 5.56 Å². The Morgan fingerprint density at radius 1 is 1.58 bits per heavy atom. The maximum atomic E-state index is 10.8. The molecule has 1 aliphatic carbocycles. The molecule has 0 bridgehead atoms. The minimum Gasteiger partial charge on any atom is -0.478 e. The van der Waals surface area contributed by atoms with Gasteiger partial charge in [0.15, 0.2) is 0 Å². The zero-order valence-corrected chi connectivity index (χ0v) is 7.65. The molecule has 1 N–H and O–H groups in total. The van der Waals surface area contributed by atoms with Crippen LogP contribution in [0, 0.1) is 0 Å². The van der Waals surface area contributed by atoms with E-state index in [0.29, 0.717) is 5.56 Å². The van der Waals surface area contributed by atoms with Gasteiger partial charge in [-0.25, -0.2) is 4.79 Å². The van der Waals surface area contributed by atoms with Gasteiger partial charge in [-0.1, -0.05) is 6.92 Å². The molecule has 2 nitrogen and oxygen atoms in total. The summed E-state index contributed by atoms with van der Waals surface area (Å²) in [6, 6.07) is 0. The lowest BCUT2D eigenvalue weighted by Gasteiger charge is -2.06. The number of rotatable bonds is 2. The van der Waals surface area contributed by atoms with Crippen molar-refractivity contribution in [1.29, 1.82) is 0 Å². The lowest BCUT2D eigenvalue weighted by atomic mass is 9.98. The van der Waals surface area contributed by atoms with Crippen LogP contribution in [0.4, 0.5) is 0 Å². The molecule has 0 unspecified atom stereocenters. The van der Waals surface area contributed by atoms with Gasteiger partial charge in [-0.3, -0.25) is 0 Å². The Kier molecular flexibility index (Phi) is 1.51. The molecule has 1 aromatic heterocycles. The van der Waals surface area contributed by atoms with E-state index in [4.69, 9.17) is 5.11 Å². The summed E-state index contributed by atoms with van der Waals surface area (Å²) in [6.45, 7) is 2.13. The van der Waals surface area contributed by atoms with E-state index in [0.717, 1.165) is 18.4 Å². The summed E-state index contributed by atoms with van der Waals surface area (Å²) in [5, 5.41) is 12.5. The Hall–Kier alpha value is -0.830. The van der Waals surface area contributed by atoms with Crippen LogP contribution in [0.3, 0.4) is 0 Å². The standard InChI is InChI=1S/C9H10O2S/c1-9(2-3-9)7-5-12-4-6(7)8(10)11/h4-5H,2-3H2,1H3,(H,10,11). The van der Waals surface area contributed by atoms with E-state index in [1.165, 1.54) is 11.3 Å². The van der Waals surface area contributed by atoms with Crippen LogP contribution in [0.5, 0.6) is 0 Å². The Balaban J connectivity index is 2.43. The minimum absolute atomic E-state index is 0.174. The second kappa shape index (κ2) is 2.33. The van der Waals surface area contributed by atoms with Crippen LogP contribution in [-0.4, -0.2) is 11.1 Å². The molecule has 64 valence electrons. The number of carbonyl (C=O) groups is 1. The molecular weight excluding hydrogens is 172 g/mol. The van der Waals surface area contributed by atoms with Crippen molar-refractivity contribution in [3.05, 3.63) is 21.9 Å². The van der Waals surface area contributed by atoms with Crippen LogP contribution in [0.2, 0.25) is 0 Å². The van der Waals surface area contributed by atoms with Gasteiger partial charge in [-0.15, -0.1) is 0 Å². The van der Waals surface area contributed by atoms with Crippen LogP contribution < -0.4 is 0 Å². The van der Waals surface area contributed by atoms with Gasteiger partial charge in [-0.2, -0.15) is 11.3 Å². The van der Waals surface area contributed by atoms with E-state index in [1.807, 2.05) is 5.38 Å². The van der Waals surface area contributed by atoms with Crippen molar-refractivity contribution in [3.63, 3.8) is 0 Å². The second-order valence-corrected chi connectivity index (χ2v) is 4.31. The second-order valence-electron chi connectivity index (χ2n) is 3.56. The fourth-order valence-corrected chi connectivity index (χ4v) is 2.37. The Morgan fingerprint density at radius 2 is 2.25 bits per heavy atom. The third kappa shape index (κ3) is 1.05. The molecule has 1 saturated carbocycles. The first-order valence-corrected chi connectivity index (χ1v) is 4.88. The molecule has 0 aromatic carbocycles. The summed E-state index contributed by atoms with van der Waals surface area (Å²) < 4.78 is 0. The van der Waals surface area contributed by atoms with Crippen LogP contribution >= 0.6 is 11.3 Å². The largest absolute Gasteiger partial charge is 0.478 e. The van der Waals surface area contributed by atoms with Crippen molar-refractivity contribution in [1.82, 2.24) is 0 Å². The van der Waals surface area contributed by atoms with Crippen molar-refractivity contribution in [2.24, 2.45) is 0 Å². The zero-order valence-electron chi connectivity index (χ0n) is 6.83. The number of carboxylic acids is 1. The SMILES string of the molecule is CC1(c2cscc2C(=O)O)CC1. The van der Waals surface area contributed by atoms with Crippen LogP contribution in [0.1, 0.15) is 35.7 Å². The molecule has 1 aromatic rings. The van der Waals surface area contributed by atoms with Crippen LogP contribution in [0.15, 0.2) is 10.8 Å². The minimum atomic E-state index is -0.792. The van der Waals surface area contributed by atoms with Gasteiger partial charge >= 0.3 is 5.97 Å². The third-order valence-electron chi connectivity index (χ3n) is 2.54. The van der Waals surface area contributed by atoms with Gasteiger partial charge in [-0.05, 0) is 29.2 Å². The molecule has 1 fully saturated rings. The van der Waals surface area contributed by atoms with Gasteiger partial charge in [0.2, 0.25) is 0 Å². The van der Waals surface area contributed by atoms with E-state index in [2.05, 4.69) is 6.92 Å². The molecule has 0 aliphatic heterocycles. The number of hydrogen-bond acceptors (Lipinski definition) is 2. The first-order chi connectivity index (χ1) is 5.63. The monoisotopic (exact) mass is 182 g/mol. The fraction of sp³-hybridized carbons (Fsp3) is 0.444.